The van der Waals surface area contributed by atoms with E-state index in [1.54, 1.807) is 6.07 Å². The van der Waals surface area contributed by atoms with Gasteiger partial charge < -0.3 is 26.0 Å². The number of nitrogens with one attached hydrogen (secondary N) is 4. The van der Waals surface area contributed by atoms with Crippen LogP contribution < -0.4 is 16.0 Å². The minimum absolute atomic E-state index is 0.00243. The Morgan fingerprint density at radius 2 is 1.78 bits per heavy atom. The number of amides is 3. The van der Waals surface area contributed by atoms with Crippen LogP contribution in [0.1, 0.15) is 75.7 Å². The molecule has 0 radical (unpaired) electrons. The highest BCUT2D eigenvalue weighted by atomic mass is 16.4. The number of H-pyrrole nitrogens is 1. The van der Waals surface area contributed by atoms with Crippen LogP contribution in [0, 0.1) is 11.8 Å². The lowest BCUT2D eigenvalue weighted by Gasteiger charge is -2.28. The average molecular weight is 497 g/mol. The van der Waals surface area contributed by atoms with Gasteiger partial charge in [-0.25, -0.2) is 4.79 Å². The van der Waals surface area contributed by atoms with Crippen LogP contribution in [0.3, 0.4) is 0 Å². The van der Waals surface area contributed by atoms with Gasteiger partial charge in [0.05, 0.1) is 0 Å². The molecule has 2 heterocycles. The first-order chi connectivity index (χ1) is 17.1. The Bertz CT molecular complexity index is 1100. The number of rotatable bonds is 9. The van der Waals surface area contributed by atoms with E-state index in [2.05, 4.69) is 20.9 Å². The number of hydrogen-bond acceptors (Lipinski definition) is 4. The van der Waals surface area contributed by atoms with Crippen LogP contribution in [0.25, 0.3) is 10.9 Å². The number of carbonyl (C=O) groups excluding carboxylic acids is 3. The van der Waals surface area contributed by atoms with Crippen molar-refractivity contribution >= 4 is 34.6 Å². The summed E-state index contributed by atoms with van der Waals surface area (Å²) in [6, 6.07) is 7.17. The largest absolute Gasteiger partial charge is 0.480 e. The van der Waals surface area contributed by atoms with E-state index in [0.717, 1.165) is 43.0 Å². The van der Waals surface area contributed by atoms with Crippen LogP contribution in [0.2, 0.25) is 0 Å². The van der Waals surface area contributed by atoms with Gasteiger partial charge in [0, 0.05) is 22.4 Å². The Morgan fingerprint density at radius 3 is 2.42 bits per heavy atom. The second-order valence-corrected chi connectivity index (χ2v) is 10.9. The molecule has 3 atom stereocenters. The summed E-state index contributed by atoms with van der Waals surface area (Å²) >= 11 is 0. The quantitative estimate of drug-likeness (QED) is 0.363. The molecule has 1 saturated carbocycles. The number of carboxylic acid groups (broad SMARTS) is 1. The zero-order valence-corrected chi connectivity index (χ0v) is 20.9. The number of aromatic nitrogens is 1. The molecule has 2 aliphatic rings. The number of benzene rings is 1. The van der Waals surface area contributed by atoms with E-state index >= 15 is 0 Å². The average Bonchev–Trinajstić information content (AvgIpc) is 3.38. The first kappa shape index (κ1) is 25.7. The number of carbonyl (C=O) groups is 4. The lowest BCUT2D eigenvalue weighted by Crippen LogP contribution is -2.53. The van der Waals surface area contributed by atoms with Crippen molar-refractivity contribution in [2.24, 2.45) is 11.8 Å². The predicted molar refractivity (Wildman–Crippen MR) is 135 cm³/mol. The van der Waals surface area contributed by atoms with Crippen LogP contribution >= 0.6 is 0 Å². The first-order valence-corrected chi connectivity index (χ1v) is 12.8. The predicted octanol–water partition coefficient (Wildman–Crippen LogP) is 3.11. The first-order valence-electron chi connectivity index (χ1n) is 12.8. The standard InChI is InChI=1S/C27H36N4O5/c1-27(2)15-18(23(32)31-27)14-22(26(35)36)30-24(33)20(12-16-8-4-3-5-9-16)29-25(34)21-13-17-10-6-7-11-19(17)28-21/h6-7,10-11,13,16,18,20,22,28H,3-5,8-9,12,14-15H2,1-2H3,(H,29,34)(H,30,33)(H,31,32)(H,35,36). The van der Waals surface area contributed by atoms with Gasteiger partial charge in [-0.3, -0.25) is 14.4 Å². The molecule has 9 nitrogen and oxygen atoms in total. The fraction of sp³-hybridized carbons (Fsp3) is 0.556. The van der Waals surface area contributed by atoms with Gasteiger partial charge in [0.1, 0.15) is 17.8 Å². The molecule has 2 aromatic rings. The molecular weight excluding hydrogens is 460 g/mol. The molecule has 36 heavy (non-hydrogen) atoms. The molecular formula is C27H36N4O5. The number of fused-ring (bicyclic) bond motifs is 1. The van der Waals surface area contributed by atoms with Crippen molar-refractivity contribution in [3.63, 3.8) is 0 Å². The number of carboxylic acids is 1. The highest BCUT2D eigenvalue weighted by Crippen LogP contribution is 2.29. The van der Waals surface area contributed by atoms with Gasteiger partial charge in [0.15, 0.2) is 0 Å². The van der Waals surface area contributed by atoms with Gasteiger partial charge in [-0.2, -0.15) is 0 Å². The molecule has 4 rings (SSSR count). The third kappa shape index (κ3) is 6.25. The van der Waals surface area contributed by atoms with Crippen LogP contribution in [0.5, 0.6) is 0 Å². The van der Waals surface area contributed by atoms with Crippen LogP contribution in [-0.4, -0.2) is 51.4 Å². The summed E-state index contributed by atoms with van der Waals surface area (Å²) in [5.74, 6) is -2.56. The molecule has 0 bridgehead atoms. The molecule has 1 saturated heterocycles. The van der Waals surface area contributed by atoms with Gasteiger partial charge in [0.25, 0.3) is 5.91 Å². The zero-order chi connectivity index (χ0) is 25.9. The Morgan fingerprint density at radius 1 is 1.06 bits per heavy atom. The van der Waals surface area contributed by atoms with Crippen molar-refractivity contribution in [3.8, 4) is 0 Å². The van der Waals surface area contributed by atoms with Crippen molar-refractivity contribution < 1.29 is 24.3 Å². The molecule has 1 aromatic carbocycles. The number of aliphatic carboxylic acids is 1. The van der Waals surface area contributed by atoms with E-state index in [1.165, 1.54) is 0 Å². The summed E-state index contributed by atoms with van der Waals surface area (Å²) in [7, 11) is 0. The van der Waals surface area contributed by atoms with E-state index in [9.17, 15) is 24.3 Å². The maximum Gasteiger partial charge on any atom is 0.326 e. The van der Waals surface area contributed by atoms with Crippen molar-refractivity contribution in [2.45, 2.75) is 82.8 Å². The highest BCUT2D eigenvalue weighted by Gasteiger charge is 2.40. The maximum atomic E-state index is 13.4. The fourth-order valence-corrected chi connectivity index (χ4v) is 5.58. The molecule has 194 valence electrons. The van der Waals surface area contributed by atoms with Crippen molar-refractivity contribution in [2.75, 3.05) is 0 Å². The molecule has 5 N–H and O–H groups in total. The second-order valence-electron chi connectivity index (χ2n) is 10.9. The Balaban J connectivity index is 1.48. The van der Waals surface area contributed by atoms with E-state index in [4.69, 9.17) is 0 Å². The molecule has 1 aromatic heterocycles. The molecule has 3 amide bonds. The van der Waals surface area contributed by atoms with Gasteiger partial charge in [-0.1, -0.05) is 50.3 Å². The van der Waals surface area contributed by atoms with Crippen molar-refractivity contribution in [1.29, 1.82) is 0 Å². The van der Waals surface area contributed by atoms with E-state index < -0.39 is 41.3 Å². The molecule has 1 aliphatic heterocycles. The van der Waals surface area contributed by atoms with Gasteiger partial charge in [-0.15, -0.1) is 0 Å². The monoisotopic (exact) mass is 496 g/mol. The van der Waals surface area contributed by atoms with Crippen molar-refractivity contribution in [3.05, 3.63) is 36.0 Å². The SMILES string of the molecule is CC1(C)CC(CC(NC(=O)C(CC2CCCCC2)NC(=O)c2cc3ccccc3[nH]2)C(=O)O)C(=O)N1. The van der Waals surface area contributed by atoms with Crippen LogP contribution in [0.4, 0.5) is 0 Å². The lowest BCUT2D eigenvalue weighted by atomic mass is 9.84. The number of hydrogen-bond donors (Lipinski definition) is 5. The fourth-order valence-electron chi connectivity index (χ4n) is 5.58. The van der Waals surface area contributed by atoms with Crippen LogP contribution in [-0.2, 0) is 14.4 Å². The van der Waals surface area contributed by atoms with Gasteiger partial charge >= 0.3 is 5.97 Å². The molecule has 1 aliphatic carbocycles. The van der Waals surface area contributed by atoms with Crippen LogP contribution in [0.15, 0.2) is 30.3 Å². The summed E-state index contributed by atoms with van der Waals surface area (Å²) in [4.78, 5) is 53.9. The Hall–Kier alpha value is -3.36. The molecule has 2 fully saturated rings. The normalized spacial score (nSPS) is 21.5. The lowest BCUT2D eigenvalue weighted by molar-refractivity contribution is -0.143. The molecule has 3 unspecified atom stereocenters. The summed E-state index contributed by atoms with van der Waals surface area (Å²) < 4.78 is 0. The minimum Gasteiger partial charge on any atom is -0.480 e. The third-order valence-corrected chi connectivity index (χ3v) is 7.41. The Labute approximate surface area is 210 Å². The molecule has 9 heteroatoms. The third-order valence-electron chi connectivity index (χ3n) is 7.41. The number of aromatic amines is 1. The van der Waals surface area contributed by atoms with E-state index in [1.807, 2.05) is 38.1 Å². The zero-order valence-electron chi connectivity index (χ0n) is 20.9. The molecule has 0 spiro atoms. The summed E-state index contributed by atoms with van der Waals surface area (Å²) in [6.45, 7) is 3.78. The highest BCUT2D eigenvalue weighted by molar-refractivity contribution is 6.00. The smallest absolute Gasteiger partial charge is 0.326 e. The van der Waals surface area contributed by atoms with Gasteiger partial charge in [-0.05, 0) is 51.2 Å². The summed E-state index contributed by atoms with van der Waals surface area (Å²) in [5, 5.41) is 19.0. The topological polar surface area (TPSA) is 140 Å². The Kier molecular flexibility index (Phi) is 7.66. The maximum absolute atomic E-state index is 13.4. The second kappa shape index (κ2) is 10.7. The minimum atomic E-state index is -1.22. The summed E-state index contributed by atoms with van der Waals surface area (Å²) in [5.41, 5.74) is 0.753. The summed E-state index contributed by atoms with van der Waals surface area (Å²) in [6.07, 6.45) is 6.23. The van der Waals surface area contributed by atoms with E-state index in [-0.39, 0.29) is 18.2 Å². The van der Waals surface area contributed by atoms with Crippen molar-refractivity contribution in [1.82, 2.24) is 20.9 Å². The number of para-hydroxylation sites is 1. The van der Waals surface area contributed by atoms with Gasteiger partial charge in [0.2, 0.25) is 11.8 Å². The van der Waals surface area contributed by atoms with E-state index in [0.29, 0.717) is 18.5 Å².